The number of aryl methyl sites for hydroxylation is 1. The molecule has 100 valence electrons. The molecule has 1 rings (SSSR count). The fourth-order valence-corrected chi connectivity index (χ4v) is 2.74. The molecule has 0 saturated heterocycles. The summed E-state index contributed by atoms with van der Waals surface area (Å²) in [5.41, 5.74) is 6.99. The molecule has 3 N–H and O–H groups in total. The van der Waals surface area contributed by atoms with Gasteiger partial charge in [-0.25, -0.2) is 0 Å². The largest absolute Gasteiger partial charge is 0.480 e. The maximum atomic E-state index is 10.9. The average Bonchev–Trinajstić information content (AvgIpc) is 2.35. The van der Waals surface area contributed by atoms with Crippen molar-refractivity contribution in [1.29, 1.82) is 0 Å². The number of carbonyl (C=O) groups is 1. The molecular weight excluding hydrogens is 246 g/mol. The van der Waals surface area contributed by atoms with Gasteiger partial charge < -0.3 is 10.8 Å². The second-order valence-electron chi connectivity index (χ2n) is 4.86. The summed E-state index contributed by atoms with van der Waals surface area (Å²) in [4.78, 5) is 10.9. The number of hydrogen-bond donors (Lipinski definition) is 2. The molecule has 0 aliphatic heterocycles. The van der Waals surface area contributed by atoms with Gasteiger partial charge >= 0.3 is 5.97 Å². The van der Waals surface area contributed by atoms with E-state index in [1.807, 2.05) is 32.0 Å². The summed E-state index contributed by atoms with van der Waals surface area (Å²) in [6.07, 6.45) is 2.05. The van der Waals surface area contributed by atoms with Crippen molar-refractivity contribution < 1.29 is 9.90 Å². The predicted octanol–water partition coefficient (Wildman–Crippen LogP) is 2.54. The van der Waals surface area contributed by atoms with Crippen LogP contribution in [-0.2, 0) is 11.2 Å². The molecule has 4 heteroatoms. The number of benzene rings is 1. The zero-order chi connectivity index (χ0) is 13.6. The molecule has 18 heavy (non-hydrogen) atoms. The Bertz CT molecular complexity index is 379. The average molecular weight is 267 g/mol. The van der Waals surface area contributed by atoms with Crippen LogP contribution in [0.5, 0.6) is 0 Å². The first-order valence-electron chi connectivity index (χ1n) is 6.10. The molecule has 0 saturated carbocycles. The van der Waals surface area contributed by atoms with Crippen molar-refractivity contribution in [3.05, 3.63) is 35.9 Å². The van der Waals surface area contributed by atoms with Gasteiger partial charge in [-0.3, -0.25) is 4.79 Å². The van der Waals surface area contributed by atoms with Gasteiger partial charge in [0.15, 0.2) is 0 Å². The lowest BCUT2D eigenvalue weighted by Crippen LogP contribution is -2.46. The van der Waals surface area contributed by atoms with Crippen molar-refractivity contribution in [2.75, 3.05) is 5.75 Å². The first-order chi connectivity index (χ1) is 8.43. The third-order valence-electron chi connectivity index (χ3n) is 2.94. The molecule has 1 aromatic rings. The maximum absolute atomic E-state index is 10.9. The van der Waals surface area contributed by atoms with Crippen LogP contribution in [-0.4, -0.2) is 27.6 Å². The van der Waals surface area contributed by atoms with Crippen molar-refractivity contribution >= 4 is 17.7 Å². The van der Waals surface area contributed by atoms with E-state index in [1.165, 1.54) is 5.56 Å². The van der Waals surface area contributed by atoms with Crippen LogP contribution in [0.1, 0.15) is 25.8 Å². The van der Waals surface area contributed by atoms with Crippen LogP contribution < -0.4 is 5.73 Å². The van der Waals surface area contributed by atoms with Crippen molar-refractivity contribution in [2.45, 2.75) is 37.5 Å². The lowest BCUT2D eigenvalue weighted by Gasteiger charge is -2.27. The van der Waals surface area contributed by atoms with E-state index in [0.29, 0.717) is 0 Å². The Morgan fingerprint density at radius 2 is 2.00 bits per heavy atom. The minimum absolute atomic E-state index is 0.428. The van der Waals surface area contributed by atoms with E-state index in [4.69, 9.17) is 10.8 Å². The van der Waals surface area contributed by atoms with Gasteiger partial charge in [-0.2, -0.15) is 11.8 Å². The van der Waals surface area contributed by atoms with Gasteiger partial charge in [0.2, 0.25) is 0 Å². The Morgan fingerprint density at radius 1 is 1.39 bits per heavy atom. The second kappa shape index (κ2) is 6.81. The number of carboxylic acids is 1. The lowest BCUT2D eigenvalue weighted by molar-refractivity contribution is -0.139. The summed E-state index contributed by atoms with van der Waals surface area (Å²) < 4.78 is -0.428. The van der Waals surface area contributed by atoms with Crippen LogP contribution in [0.4, 0.5) is 0 Å². The molecule has 0 fully saturated rings. The maximum Gasteiger partial charge on any atom is 0.321 e. The van der Waals surface area contributed by atoms with E-state index < -0.39 is 16.8 Å². The van der Waals surface area contributed by atoms with Crippen LogP contribution in [0.2, 0.25) is 0 Å². The fourth-order valence-electron chi connectivity index (χ4n) is 1.64. The van der Waals surface area contributed by atoms with E-state index in [9.17, 15) is 4.79 Å². The topological polar surface area (TPSA) is 63.3 Å². The van der Waals surface area contributed by atoms with E-state index in [0.717, 1.165) is 18.6 Å². The third kappa shape index (κ3) is 4.70. The second-order valence-corrected chi connectivity index (χ2v) is 6.61. The van der Waals surface area contributed by atoms with Crippen molar-refractivity contribution in [2.24, 2.45) is 5.73 Å². The highest BCUT2D eigenvalue weighted by Crippen LogP contribution is 2.28. The Hall–Kier alpha value is -1.00. The molecule has 0 aliphatic carbocycles. The smallest absolute Gasteiger partial charge is 0.321 e. The Balaban J connectivity index is 2.31. The zero-order valence-corrected chi connectivity index (χ0v) is 11.7. The van der Waals surface area contributed by atoms with Crippen LogP contribution in [0.25, 0.3) is 0 Å². The Morgan fingerprint density at radius 3 is 2.56 bits per heavy atom. The molecule has 0 amide bonds. The van der Waals surface area contributed by atoms with Crippen molar-refractivity contribution in [3.63, 3.8) is 0 Å². The summed E-state index contributed by atoms with van der Waals surface area (Å²) in [5, 5.41) is 8.91. The molecule has 0 bridgehead atoms. The Labute approximate surface area is 113 Å². The molecule has 0 spiro atoms. The highest BCUT2D eigenvalue weighted by atomic mass is 32.2. The monoisotopic (exact) mass is 267 g/mol. The van der Waals surface area contributed by atoms with Crippen molar-refractivity contribution in [3.8, 4) is 0 Å². The quantitative estimate of drug-likeness (QED) is 0.745. The van der Waals surface area contributed by atoms with E-state index in [1.54, 1.807) is 11.8 Å². The van der Waals surface area contributed by atoms with E-state index in [2.05, 4.69) is 12.1 Å². The number of nitrogens with two attached hydrogens (primary N) is 1. The highest BCUT2D eigenvalue weighted by molar-refractivity contribution is 8.00. The number of thioether (sulfide) groups is 1. The SMILES string of the molecule is CC(C)(SCCCc1ccccc1)[C@H](N)C(=O)O. The van der Waals surface area contributed by atoms with Gasteiger partial charge in [0.1, 0.15) is 6.04 Å². The number of rotatable bonds is 7. The molecule has 0 aliphatic rings. The lowest BCUT2D eigenvalue weighted by atomic mass is 10.1. The highest BCUT2D eigenvalue weighted by Gasteiger charge is 2.32. The van der Waals surface area contributed by atoms with Crippen LogP contribution in [0.15, 0.2) is 30.3 Å². The molecule has 0 radical (unpaired) electrons. The molecule has 0 unspecified atom stereocenters. The first-order valence-corrected chi connectivity index (χ1v) is 7.08. The van der Waals surface area contributed by atoms with Gasteiger partial charge in [-0.05, 0) is 38.0 Å². The molecule has 0 heterocycles. The van der Waals surface area contributed by atoms with Gasteiger partial charge in [-0.15, -0.1) is 0 Å². The van der Waals surface area contributed by atoms with Crippen LogP contribution in [0.3, 0.4) is 0 Å². The number of aliphatic carboxylic acids is 1. The minimum atomic E-state index is -0.935. The van der Waals surface area contributed by atoms with E-state index >= 15 is 0 Å². The predicted molar refractivity (Wildman–Crippen MR) is 76.9 cm³/mol. The fraction of sp³-hybridized carbons (Fsp3) is 0.500. The molecule has 3 nitrogen and oxygen atoms in total. The first kappa shape index (κ1) is 15.1. The standard InChI is InChI=1S/C14H21NO2S/c1-14(2,12(15)13(16)17)18-10-6-9-11-7-4-3-5-8-11/h3-5,7-8,12H,6,9-10,15H2,1-2H3,(H,16,17)/t12-/m1/s1. The van der Waals surface area contributed by atoms with Crippen LogP contribution >= 0.6 is 11.8 Å². The van der Waals surface area contributed by atoms with Crippen molar-refractivity contribution in [1.82, 2.24) is 0 Å². The minimum Gasteiger partial charge on any atom is -0.480 e. The normalized spacial score (nSPS) is 13.3. The van der Waals surface area contributed by atoms with E-state index in [-0.39, 0.29) is 0 Å². The van der Waals surface area contributed by atoms with Gasteiger partial charge in [0.25, 0.3) is 0 Å². The van der Waals surface area contributed by atoms with Gasteiger partial charge in [-0.1, -0.05) is 30.3 Å². The summed E-state index contributed by atoms with van der Waals surface area (Å²) in [6.45, 7) is 3.78. The summed E-state index contributed by atoms with van der Waals surface area (Å²) >= 11 is 1.63. The molecule has 0 aromatic heterocycles. The molecular formula is C14H21NO2S. The van der Waals surface area contributed by atoms with Crippen LogP contribution in [0, 0.1) is 0 Å². The molecule has 1 aromatic carbocycles. The number of carboxylic acid groups (broad SMARTS) is 1. The summed E-state index contributed by atoms with van der Waals surface area (Å²) in [7, 11) is 0. The third-order valence-corrected chi connectivity index (χ3v) is 4.43. The summed E-state index contributed by atoms with van der Waals surface area (Å²) in [6, 6.07) is 9.48. The molecule has 1 atom stereocenters. The summed E-state index contributed by atoms with van der Waals surface area (Å²) in [5.74, 6) is -0.0151. The number of hydrogen-bond acceptors (Lipinski definition) is 3. The zero-order valence-electron chi connectivity index (χ0n) is 10.9. The Kier molecular flexibility index (Phi) is 5.69. The van der Waals surface area contributed by atoms with Gasteiger partial charge in [0.05, 0.1) is 0 Å². The van der Waals surface area contributed by atoms with Gasteiger partial charge in [0, 0.05) is 4.75 Å².